The molecule has 0 saturated heterocycles. The highest BCUT2D eigenvalue weighted by atomic mass is 16.4. The lowest BCUT2D eigenvalue weighted by atomic mass is 10.0. The minimum atomic E-state index is -1.31. The summed E-state index contributed by atoms with van der Waals surface area (Å²) in [5, 5.41) is 18.6. The molecular weight excluding hydrogens is 596 g/mol. The summed E-state index contributed by atoms with van der Waals surface area (Å²) in [7, 11) is 0. The van der Waals surface area contributed by atoms with Gasteiger partial charge in [0.1, 0.15) is 18.1 Å². The zero-order valence-electron chi connectivity index (χ0n) is 24.9. The fourth-order valence-corrected chi connectivity index (χ4v) is 4.87. The Morgan fingerprint density at radius 2 is 1.46 bits per heavy atom. The molecule has 17 nitrogen and oxygen atoms in total. The van der Waals surface area contributed by atoms with E-state index < -0.39 is 47.9 Å². The first kappa shape index (κ1) is 33.2. The summed E-state index contributed by atoms with van der Waals surface area (Å²) in [6, 6.07) is 2.78. The molecule has 4 unspecified atom stereocenters. The van der Waals surface area contributed by atoms with Crippen LogP contribution in [0.3, 0.4) is 0 Å². The highest BCUT2D eigenvalue weighted by Gasteiger charge is 2.31. The Balaban J connectivity index is 1.55. The fraction of sp³-hybridized carbons (Fsp3) is 0.345. The fourth-order valence-electron chi connectivity index (χ4n) is 4.87. The Kier molecular flexibility index (Phi) is 11.4. The second-order valence-corrected chi connectivity index (χ2v) is 10.7. The molecule has 0 bridgehead atoms. The highest BCUT2D eigenvalue weighted by Crippen LogP contribution is 2.19. The number of carboxylic acid groups (broad SMARTS) is 1. The van der Waals surface area contributed by atoms with Crippen LogP contribution in [-0.2, 0) is 38.4 Å². The second kappa shape index (κ2) is 15.8. The largest absolute Gasteiger partial charge is 0.480 e. The topological polar surface area (TPSA) is 288 Å². The van der Waals surface area contributed by atoms with Gasteiger partial charge in [-0.05, 0) is 24.5 Å². The number of nitrogens with one attached hydrogen (secondary N) is 6. The van der Waals surface area contributed by atoms with E-state index in [4.69, 9.17) is 17.2 Å². The molecular formula is C29H38N12O5. The molecule has 0 aliphatic heterocycles. The van der Waals surface area contributed by atoms with E-state index >= 15 is 0 Å². The summed E-state index contributed by atoms with van der Waals surface area (Å²) in [5.41, 5.74) is 19.6. The van der Waals surface area contributed by atoms with Gasteiger partial charge in [-0.2, -0.15) is 0 Å². The van der Waals surface area contributed by atoms with Crippen molar-refractivity contribution in [1.82, 2.24) is 40.9 Å². The number of aliphatic carboxylic acids is 1. The summed E-state index contributed by atoms with van der Waals surface area (Å²) in [4.78, 5) is 73.1. The first-order chi connectivity index (χ1) is 22.1. The maximum absolute atomic E-state index is 13.7. The third-order valence-electron chi connectivity index (χ3n) is 7.24. The van der Waals surface area contributed by atoms with Gasteiger partial charge < -0.3 is 53.2 Å². The molecule has 0 aliphatic rings. The van der Waals surface area contributed by atoms with Gasteiger partial charge in [-0.25, -0.2) is 14.8 Å². The molecule has 3 amide bonds. The molecule has 1 aromatic carbocycles. The van der Waals surface area contributed by atoms with Crippen LogP contribution in [0.2, 0.25) is 0 Å². The second-order valence-electron chi connectivity index (χ2n) is 10.7. The van der Waals surface area contributed by atoms with Gasteiger partial charge in [0.05, 0.1) is 18.7 Å². The third kappa shape index (κ3) is 9.39. The molecule has 0 spiro atoms. The van der Waals surface area contributed by atoms with Gasteiger partial charge in [0.2, 0.25) is 17.7 Å². The number of fused-ring (bicyclic) bond motifs is 1. The van der Waals surface area contributed by atoms with Crippen LogP contribution in [0.15, 0.2) is 60.5 Å². The maximum Gasteiger partial charge on any atom is 0.326 e. The van der Waals surface area contributed by atoms with Gasteiger partial charge in [-0.3, -0.25) is 19.4 Å². The Morgan fingerprint density at radius 1 is 0.826 bits per heavy atom. The first-order valence-corrected chi connectivity index (χ1v) is 14.5. The van der Waals surface area contributed by atoms with Gasteiger partial charge in [-0.15, -0.1) is 0 Å². The van der Waals surface area contributed by atoms with Crippen molar-refractivity contribution in [2.75, 3.05) is 6.54 Å². The summed E-state index contributed by atoms with van der Waals surface area (Å²) >= 11 is 0. The lowest BCUT2D eigenvalue weighted by Crippen LogP contribution is -2.58. The van der Waals surface area contributed by atoms with Crippen molar-refractivity contribution >= 4 is 40.6 Å². The van der Waals surface area contributed by atoms with Gasteiger partial charge in [-0.1, -0.05) is 18.2 Å². The summed E-state index contributed by atoms with van der Waals surface area (Å²) in [5.74, 6) is -3.39. The molecule has 0 aliphatic carbocycles. The number of hydrogen-bond donors (Lipinski definition) is 10. The zero-order valence-corrected chi connectivity index (χ0v) is 24.9. The predicted octanol–water partition coefficient (Wildman–Crippen LogP) is -1.44. The minimum absolute atomic E-state index is 0.0198. The average Bonchev–Trinajstić information content (AvgIpc) is 3.81. The number of H-pyrrole nitrogens is 3. The number of hydrogen-bond acceptors (Lipinski definition) is 8. The van der Waals surface area contributed by atoms with Crippen LogP contribution in [0.25, 0.3) is 10.9 Å². The Hall–Kier alpha value is -5.71. The normalized spacial score (nSPS) is 13.7. The van der Waals surface area contributed by atoms with Crippen molar-refractivity contribution in [2.24, 2.45) is 22.2 Å². The van der Waals surface area contributed by atoms with Crippen LogP contribution in [0.5, 0.6) is 0 Å². The van der Waals surface area contributed by atoms with Crippen molar-refractivity contribution in [1.29, 1.82) is 0 Å². The predicted molar refractivity (Wildman–Crippen MR) is 168 cm³/mol. The third-order valence-corrected chi connectivity index (χ3v) is 7.24. The number of amides is 3. The molecule has 4 rings (SSSR count). The summed E-state index contributed by atoms with van der Waals surface area (Å²) < 4.78 is 0. The zero-order chi connectivity index (χ0) is 33.1. The number of guanidine groups is 1. The van der Waals surface area contributed by atoms with E-state index in [-0.39, 0.29) is 38.2 Å². The van der Waals surface area contributed by atoms with E-state index in [2.05, 4.69) is 45.9 Å². The Bertz CT molecular complexity index is 1630. The number of benzene rings is 1. The standard InChI is InChI=1S/C29H38N12O5/c30-20(9-17-12-33-14-37-17)25(42)39-22(6-3-7-35-29(31)32)26(43)40-23(8-16-11-36-21-5-2-1-4-19(16)21)27(44)41-24(28(45)46)10-18-13-34-15-38-18/h1-2,4-5,11-15,20,22-24,36H,3,6-10,30H2,(H,33,37)(H,34,38)(H,39,42)(H,40,43)(H,41,44)(H,45,46)(H4,31,32,35). The van der Waals surface area contributed by atoms with E-state index in [0.29, 0.717) is 23.4 Å². The monoisotopic (exact) mass is 634 g/mol. The molecule has 244 valence electrons. The van der Waals surface area contributed by atoms with Gasteiger partial charge >= 0.3 is 5.97 Å². The van der Waals surface area contributed by atoms with Crippen molar-refractivity contribution in [3.8, 4) is 0 Å². The van der Waals surface area contributed by atoms with Crippen LogP contribution in [0, 0.1) is 0 Å². The number of nitrogens with zero attached hydrogens (tertiary/aromatic N) is 3. The first-order valence-electron chi connectivity index (χ1n) is 14.5. The number of nitrogens with two attached hydrogens (primary N) is 3. The van der Waals surface area contributed by atoms with E-state index in [9.17, 15) is 24.3 Å². The SMILES string of the molecule is NC(N)=NCCCC(NC(=O)C(N)Cc1cnc[nH]1)C(=O)NC(Cc1c[nH]c2ccccc12)C(=O)NC(Cc1cnc[nH]1)C(=O)O. The van der Waals surface area contributed by atoms with Crippen LogP contribution in [0.4, 0.5) is 0 Å². The number of aromatic nitrogens is 5. The quantitative estimate of drug-likeness (QED) is 0.0367. The van der Waals surface area contributed by atoms with E-state index in [1.165, 1.54) is 25.0 Å². The van der Waals surface area contributed by atoms with Crippen molar-refractivity contribution in [2.45, 2.75) is 56.3 Å². The van der Waals surface area contributed by atoms with Crippen LogP contribution in [-0.4, -0.2) is 90.4 Å². The number of rotatable bonds is 17. The number of para-hydroxylation sites is 1. The lowest BCUT2D eigenvalue weighted by molar-refractivity contribution is -0.142. The van der Waals surface area contributed by atoms with Crippen molar-refractivity contribution in [3.63, 3.8) is 0 Å². The van der Waals surface area contributed by atoms with E-state index in [1.54, 1.807) is 6.20 Å². The highest BCUT2D eigenvalue weighted by molar-refractivity contribution is 5.95. The molecule has 4 aromatic rings. The molecule has 0 saturated carbocycles. The van der Waals surface area contributed by atoms with Crippen LogP contribution in [0.1, 0.15) is 29.8 Å². The van der Waals surface area contributed by atoms with Crippen molar-refractivity contribution < 1.29 is 24.3 Å². The van der Waals surface area contributed by atoms with Crippen LogP contribution >= 0.6 is 0 Å². The van der Waals surface area contributed by atoms with E-state index in [0.717, 1.165) is 10.9 Å². The molecule has 0 fully saturated rings. The molecule has 13 N–H and O–H groups in total. The maximum atomic E-state index is 13.7. The van der Waals surface area contributed by atoms with Gasteiger partial charge in [0.15, 0.2) is 5.96 Å². The number of carbonyl (C=O) groups excluding carboxylic acids is 3. The molecule has 3 heterocycles. The summed E-state index contributed by atoms with van der Waals surface area (Å²) in [6.07, 6.45) is 8.11. The van der Waals surface area contributed by atoms with Crippen molar-refractivity contribution in [3.05, 3.63) is 72.5 Å². The Labute approximate surface area is 263 Å². The number of carbonyl (C=O) groups is 4. The molecule has 0 radical (unpaired) electrons. The Morgan fingerprint density at radius 3 is 2.11 bits per heavy atom. The van der Waals surface area contributed by atoms with Crippen LogP contribution < -0.4 is 33.2 Å². The number of carboxylic acids is 1. The lowest BCUT2D eigenvalue weighted by Gasteiger charge is -2.25. The van der Waals surface area contributed by atoms with Gasteiger partial charge in [0, 0.05) is 66.7 Å². The molecule has 3 aromatic heterocycles. The smallest absolute Gasteiger partial charge is 0.326 e. The number of aliphatic imine (C=N–C) groups is 1. The molecule has 4 atom stereocenters. The molecule has 46 heavy (non-hydrogen) atoms. The summed E-state index contributed by atoms with van der Waals surface area (Å²) in [6.45, 7) is 0.190. The number of imidazole rings is 2. The van der Waals surface area contributed by atoms with Gasteiger partial charge in [0.25, 0.3) is 0 Å². The average molecular weight is 635 g/mol. The van der Waals surface area contributed by atoms with E-state index in [1.807, 2.05) is 24.3 Å². The number of aromatic amines is 3. The minimum Gasteiger partial charge on any atom is -0.480 e. The molecule has 17 heteroatoms.